The Kier molecular flexibility index (Phi) is 3.83. The van der Waals surface area contributed by atoms with Gasteiger partial charge in [-0.1, -0.05) is 30.3 Å². The van der Waals surface area contributed by atoms with Crippen molar-refractivity contribution in [3.05, 3.63) is 69.6 Å². The number of fused-ring (bicyclic) bond motifs is 1. The number of rotatable bonds is 3. The maximum atomic E-state index is 12.0. The zero-order chi connectivity index (χ0) is 14.7. The van der Waals surface area contributed by atoms with Gasteiger partial charge in [0, 0.05) is 25.2 Å². The summed E-state index contributed by atoms with van der Waals surface area (Å²) in [6.45, 7) is 1.35. The molecule has 0 fully saturated rings. The Labute approximate surface area is 122 Å². The third-order valence-electron chi connectivity index (χ3n) is 3.69. The van der Waals surface area contributed by atoms with E-state index in [1.807, 2.05) is 12.1 Å². The number of H-pyrrole nitrogens is 1. The third kappa shape index (κ3) is 3.20. The van der Waals surface area contributed by atoms with Crippen LogP contribution in [0, 0.1) is 0 Å². The number of aromatic nitrogens is 1. The summed E-state index contributed by atoms with van der Waals surface area (Å²) in [5.74, 6) is -0.256. The molecule has 5 nitrogen and oxygen atoms in total. The standard InChI is InChI=1S/C16H17N3O2/c20-15-7-3-6-14(19-15)16(21)18-10-13-8-11-4-1-2-5-12(11)9-17-13/h1-7,13,17H,8-10H2,(H,18,21)(H,19,20). The highest BCUT2D eigenvalue weighted by Crippen LogP contribution is 2.15. The first-order valence-corrected chi connectivity index (χ1v) is 7.00. The van der Waals surface area contributed by atoms with Crippen molar-refractivity contribution in [1.29, 1.82) is 0 Å². The van der Waals surface area contributed by atoms with Crippen LogP contribution in [-0.2, 0) is 13.0 Å². The molecular weight excluding hydrogens is 266 g/mol. The summed E-state index contributed by atoms with van der Waals surface area (Å²) in [4.78, 5) is 25.7. The predicted molar refractivity (Wildman–Crippen MR) is 80.2 cm³/mol. The third-order valence-corrected chi connectivity index (χ3v) is 3.69. The molecule has 1 amide bonds. The fourth-order valence-electron chi connectivity index (χ4n) is 2.56. The predicted octanol–water partition coefficient (Wildman–Crippen LogP) is 0.819. The highest BCUT2D eigenvalue weighted by molar-refractivity contribution is 5.92. The molecule has 1 atom stereocenters. The van der Waals surface area contributed by atoms with Gasteiger partial charge in [0.1, 0.15) is 5.69 Å². The monoisotopic (exact) mass is 283 g/mol. The lowest BCUT2D eigenvalue weighted by Gasteiger charge is -2.26. The number of pyridine rings is 1. The molecular formula is C16H17N3O2. The van der Waals surface area contributed by atoms with Gasteiger partial charge in [0.2, 0.25) is 5.56 Å². The van der Waals surface area contributed by atoms with Gasteiger partial charge in [-0.2, -0.15) is 0 Å². The molecule has 1 aliphatic heterocycles. The topological polar surface area (TPSA) is 74.0 Å². The van der Waals surface area contributed by atoms with Crippen LogP contribution in [-0.4, -0.2) is 23.5 Å². The molecule has 1 aromatic heterocycles. The van der Waals surface area contributed by atoms with E-state index in [0.29, 0.717) is 12.2 Å². The van der Waals surface area contributed by atoms with Crippen LogP contribution in [0.25, 0.3) is 0 Å². The normalized spacial score (nSPS) is 17.0. The molecule has 0 bridgehead atoms. The Morgan fingerprint density at radius 1 is 1.14 bits per heavy atom. The molecule has 0 spiro atoms. The number of amides is 1. The average Bonchev–Trinajstić information content (AvgIpc) is 2.52. The summed E-state index contributed by atoms with van der Waals surface area (Å²) in [5, 5.41) is 6.26. The van der Waals surface area contributed by atoms with Gasteiger partial charge in [-0.15, -0.1) is 0 Å². The van der Waals surface area contributed by atoms with E-state index >= 15 is 0 Å². The van der Waals surface area contributed by atoms with Gasteiger partial charge >= 0.3 is 0 Å². The molecule has 0 radical (unpaired) electrons. The maximum Gasteiger partial charge on any atom is 0.267 e. The summed E-state index contributed by atoms with van der Waals surface area (Å²) < 4.78 is 0. The van der Waals surface area contributed by atoms with Crippen molar-refractivity contribution in [3.8, 4) is 0 Å². The molecule has 2 heterocycles. The van der Waals surface area contributed by atoms with Gasteiger partial charge in [0.05, 0.1) is 0 Å². The van der Waals surface area contributed by atoms with Gasteiger partial charge in [-0.25, -0.2) is 0 Å². The van der Waals surface area contributed by atoms with Crippen LogP contribution in [0.5, 0.6) is 0 Å². The zero-order valence-corrected chi connectivity index (χ0v) is 11.6. The van der Waals surface area contributed by atoms with Crippen LogP contribution < -0.4 is 16.2 Å². The largest absolute Gasteiger partial charge is 0.349 e. The van der Waals surface area contributed by atoms with Crippen LogP contribution in [0.3, 0.4) is 0 Å². The smallest absolute Gasteiger partial charge is 0.267 e. The molecule has 21 heavy (non-hydrogen) atoms. The Hall–Kier alpha value is -2.40. The van der Waals surface area contributed by atoms with E-state index in [0.717, 1.165) is 13.0 Å². The summed E-state index contributed by atoms with van der Waals surface area (Å²) in [7, 11) is 0. The van der Waals surface area contributed by atoms with E-state index in [-0.39, 0.29) is 17.5 Å². The van der Waals surface area contributed by atoms with E-state index in [4.69, 9.17) is 0 Å². The Balaban J connectivity index is 1.59. The van der Waals surface area contributed by atoms with Crippen LogP contribution in [0.2, 0.25) is 0 Å². The molecule has 0 saturated carbocycles. The van der Waals surface area contributed by atoms with Crippen molar-refractivity contribution in [2.45, 2.75) is 19.0 Å². The second-order valence-electron chi connectivity index (χ2n) is 5.19. The molecule has 1 unspecified atom stereocenters. The molecule has 0 aliphatic carbocycles. The van der Waals surface area contributed by atoms with Crippen molar-refractivity contribution in [2.75, 3.05) is 6.54 Å². The van der Waals surface area contributed by atoms with Gasteiger partial charge < -0.3 is 15.6 Å². The number of aromatic amines is 1. The average molecular weight is 283 g/mol. The van der Waals surface area contributed by atoms with Gasteiger partial charge in [-0.05, 0) is 23.6 Å². The molecule has 2 aromatic rings. The first-order chi connectivity index (χ1) is 10.2. The van der Waals surface area contributed by atoms with Crippen LogP contribution in [0.4, 0.5) is 0 Å². The van der Waals surface area contributed by atoms with E-state index in [1.54, 1.807) is 12.1 Å². The lowest BCUT2D eigenvalue weighted by Crippen LogP contribution is -2.44. The minimum Gasteiger partial charge on any atom is -0.349 e. The highest BCUT2D eigenvalue weighted by atomic mass is 16.2. The minimum atomic E-state index is -0.271. The molecule has 5 heteroatoms. The van der Waals surface area contributed by atoms with Gasteiger partial charge in [0.15, 0.2) is 0 Å². The van der Waals surface area contributed by atoms with Crippen molar-refractivity contribution < 1.29 is 4.79 Å². The van der Waals surface area contributed by atoms with Crippen molar-refractivity contribution in [3.63, 3.8) is 0 Å². The number of nitrogens with one attached hydrogen (secondary N) is 3. The quantitative estimate of drug-likeness (QED) is 0.781. The maximum absolute atomic E-state index is 12.0. The van der Waals surface area contributed by atoms with E-state index in [2.05, 4.69) is 27.8 Å². The van der Waals surface area contributed by atoms with Gasteiger partial charge in [-0.3, -0.25) is 9.59 Å². The second-order valence-corrected chi connectivity index (χ2v) is 5.19. The minimum absolute atomic E-state index is 0.208. The number of carbonyl (C=O) groups is 1. The Bertz CT molecular complexity index is 708. The molecule has 1 aromatic carbocycles. The number of benzene rings is 1. The summed E-state index contributed by atoms with van der Waals surface area (Å²) >= 11 is 0. The van der Waals surface area contributed by atoms with Crippen LogP contribution >= 0.6 is 0 Å². The Morgan fingerprint density at radius 2 is 1.95 bits per heavy atom. The number of carbonyl (C=O) groups excluding carboxylic acids is 1. The fraction of sp³-hybridized carbons (Fsp3) is 0.250. The zero-order valence-electron chi connectivity index (χ0n) is 11.6. The van der Waals surface area contributed by atoms with Gasteiger partial charge in [0.25, 0.3) is 5.91 Å². The van der Waals surface area contributed by atoms with Crippen LogP contribution in [0.15, 0.2) is 47.3 Å². The second kappa shape index (κ2) is 5.93. The molecule has 3 rings (SSSR count). The lowest BCUT2D eigenvalue weighted by atomic mass is 9.96. The first-order valence-electron chi connectivity index (χ1n) is 7.00. The first kappa shape index (κ1) is 13.6. The van der Waals surface area contributed by atoms with E-state index in [1.165, 1.54) is 17.2 Å². The molecule has 3 N–H and O–H groups in total. The fourth-order valence-corrected chi connectivity index (χ4v) is 2.56. The van der Waals surface area contributed by atoms with Crippen molar-refractivity contribution in [2.24, 2.45) is 0 Å². The SMILES string of the molecule is O=C(NCC1Cc2ccccc2CN1)c1cccc(=O)[nH]1. The lowest BCUT2D eigenvalue weighted by molar-refractivity contribution is 0.0943. The van der Waals surface area contributed by atoms with E-state index < -0.39 is 0 Å². The number of hydrogen-bond donors (Lipinski definition) is 3. The number of hydrogen-bond acceptors (Lipinski definition) is 3. The summed E-state index contributed by atoms with van der Waals surface area (Å²) in [5.41, 5.74) is 2.65. The van der Waals surface area contributed by atoms with Crippen LogP contribution in [0.1, 0.15) is 21.6 Å². The Morgan fingerprint density at radius 3 is 2.76 bits per heavy atom. The molecule has 108 valence electrons. The highest BCUT2D eigenvalue weighted by Gasteiger charge is 2.18. The molecule has 0 saturated heterocycles. The van der Waals surface area contributed by atoms with Crippen molar-refractivity contribution >= 4 is 5.91 Å². The van der Waals surface area contributed by atoms with Crippen molar-refractivity contribution in [1.82, 2.24) is 15.6 Å². The van der Waals surface area contributed by atoms with E-state index in [9.17, 15) is 9.59 Å². The molecule has 1 aliphatic rings. The summed E-state index contributed by atoms with van der Waals surface area (Å²) in [6.07, 6.45) is 0.891. The summed E-state index contributed by atoms with van der Waals surface area (Å²) in [6, 6.07) is 13.1.